The SMILES string of the molecule is C=CCOc1ccccc1CN1C(=O)C(NC(C)=O)c2cccc(C)c21. The van der Waals surface area contributed by atoms with E-state index in [2.05, 4.69) is 11.9 Å². The van der Waals surface area contributed by atoms with E-state index in [-0.39, 0.29) is 11.8 Å². The Morgan fingerprint density at radius 3 is 2.77 bits per heavy atom. The Hall–Kier alpha value is -3.08. The number of nitrogens with zero attached hydrogens (tertiary/aromatic N) is 1. The molecule has 2 amide bonds. The van der Waals surface area contributed by atoms with Crippen molar-refractivity contribution in [3.8, 4) is 5.75 Å². The number of hydrogen-bond acceptors (Lipinski definition) is 3. The quantitative estimate of drug-likeness (QED) is 0.814. The summed E-state index contributed by atoms with van der Waals surface area (Å²) >= 11 is 0. The lowest BCUT2D eigenvalue weighted by Crippen LogP contribution is -2.36. The fourth-order valence-corrected chi connectivity index (χ4v) is 3.28. The molecule has 1 unspecified atom stereocenters. The average molecular weight is 350 g/mol. The summed E-state index contributed by atoms with van der Waals surface area (Å²) in [5, 5.41) is 2.76. The van der Waals surface area contributed by atoms with Crippen LogP contribution < -0.4 is 15.0 Å². The van der Waals surface area contributed by atoms with E-state index in [4.69, 9.17) is 4.74 Å². The van der Waals surface area contributed by atoms with Gasteiger partial charge in [-0.2, -0.15) is 0 Å². The summed E-state index contributed by atoms with van der Waals surface area (Å²) in [5.41, 5.74) is 3.58. The maximum Gasteiger partial charge on any atom is 0.254 e. The maximum absolute atomic E-state index is 13.0. The van der Waals surface area contributed by atoms with Gasteiger partial charge in [0, 0.05) is 18.1 Å². The minimum atomic E-state index is -0.649. The molecule has 0 saturated heterocycles. The Labute approximate surface area is 153 Å². The summed E-state index contributed by atoms with van der Waals surface area (Å²) in [6, 6.07) is 12.7. The van der Waals surface area contributed by atoms with Crippen LogP contribution in [0.5, 0.6) is 5.75 Å². The second kappa shape index (κ2) is 7.44. The van der Waals surface area contributed by atoms with Gasteiger partial charge >= 0.3 is 0 Å². The summed E-state index contributed by atoms with van der Waals surface area (Å²) < 4.78 is 5.72. The van der Waals surface area contributed by atoms with Gasteiger partial charge in [-0.1, -0.05) is 49.1 Å². The first-order valence-corrected chi connectivity index (χ1v) is 8.52. The molecule has 1 heterocycles. The monoisotopic (exact) mass is 350 g/mol. The van der Waals surface area contributed by atoms with E-state index >= 15 is 0 Å². The van der Waals surface area contributed by atoms with Crippen LogP contribution in [0, 0.1) is 6.92 Å². The Kier molecular flexibility index (Phi) is 5.07. The highest BCUT2D eigenvalue weighted by Crippen LogP contribution is 2.40. The second-order valence-electron chi connectivity index (χ2n) is 6.28. The van der Waals surface area contributed by atoms with Crippen LogP contribution in [0.2, 0.25) is 0 Å². The van der Waals surface area contributed by atoms with Crippen LogP contribution in [-0.4, -0.2) is 18.4 Å². The van der Waals surface area contributed by atoms with Crippen LogP contribution in [0.15, 0.2) is 55.1 Å². The van der Waals surface area contributed by atoms with Gasteiger partial charge in [0.15, 0.2) is 0 Å². The van der Waals surface area contributed by atoms with E-state index in [0.29, 0.717) is 13.2 Å². The lowest BCUT2D eigenvalue weighted by molar-refractivity contribution is -0.126. The summed E-state index contributed by atoms with van der Waals surface area (Å²) in [6.45, 7) is 7.83. The van der Waals surface area contributed by atoms with Crippen LogP contribution in [0.1, 0.15) is 29.7 Å². The predicted molar refractivity (Wildman–Crippen MR) is 101 cm³/mol. The summed E-state index contributed by atoms with van der Waals surface area (Å²) in [6.07, 6.45) is 1.68. The lowest BCUT2D eigenvalue weighted by atomic mass is 10.0. The molecular weight excluding hydrogens is 328 g/mol. The van der Waals surface area contributed by atoms with Gasteiger partial charge < -0.3 is 15.0 Å². The Morgan fingerprint density at radius 2 is 2.04 bits per heavy atom. The van der Waals surface area contributed by atoms with E-state index in [0.717, 1.165) is 28.1 Å². The van der Waals surface area contributed by atoms with Crippen LogP contribution in [0.4, 0.5) is 5.69 Å². The molecule has 0 fully saturated rings. The first-order chi connectivity index (χ1) is 12.5. The van der Waals surface area contributed by atoms with E-state index < -0.39 is 6.04 Å². The van der Waals surface area contributed by atoms with Crippen LogP contribution in [0.3, 0.4) is 0 Å². The molecule has 2 aromatic carbocycles. The van der Waals surface area contributed by atoms with E-state index in [1.54, 1.807) is 11.0 Å². The number of fused-ring (bicyclic) bond motifs is 1. The van der Waals surface area contributed by atoms with Crippen molar-refractivity contribution in [3.63, 3.8) is 0 Å². The highest BCUT2D eigenvalue weighted by Gasteiger charge is 2.38. The number of amides is 2. The molecule has 26 heavy (non-hydrogen) atoms. The Morgan fingerprint density at radius 1 is 1.27 bits per heavy atom. The van der Waals surface area contributed by atoms with Crippen molar-refractivity contribution in [1.82, 2.24) is 5.32 Å². The molecular formula is C21H22N2O3. The molecule has 1 aliphatic rings. The predicted octanol–water partition coefficient (Wildman–Crippen LogP) is 3.28. The molecule has 0 aliphatic carbocycles. The van der Waals surface area contributed by atoms with Gasteiger partial charge in [0.2, 0.25) is 5.91 Å². The Balaban J connectivity index is 1.98. The zero-order chi connectivity index (χ0) is 18.7. The molecule has 1 aliphatic heterocycles. The van der Waals surface area contributed by atoms with Gasteiger partial charge in [-0.25, -0.2) is 0 Å². The van der Waals surface area contributed by atoms with Crippen LogP contribution in [0.25, 0.3) is 0 Å². The highest BCUT2D eigenvalue weighted by molar-refractivity contribution is 6.06. The van der Waals surface area contributed by atoms with Crippen molar-refractivity contribution < 1.29 is 14.3 Å². The first-order valence-electron chi connectivity index (χ1n) is 8.52. The molecule has 2 aromatic rings. The summed E-state index contributed by atoms with van der Waals surface area (Å²) in [4.78, 5) is 26.3. The number of nitrogens with one attached hydrogen (secondary N) is 1. The lowest BCUT2D eigenvalue weighted by Gasteiger charge is -2.21. The van der Waals surface area contributed by atoms with E-state index in [1.165, 1.54) is 6.92 Å². The largest absolute Gasteiger partial charge is 0.489 e. The fraction of sp³-hybridized carbons (Fsp3) is 0.238. The summed E-state index contributed by atoms with van der Waals surface area (Å²) in [5.74, 6) is 0.355. The molecule has 134 valence electrons. The van der Waals surface area contributed by atoms with Crippen molar-refractivity contribution >= 4 is 17.5 Å². The standard InChI is InChI=1S/C21H22N2O3/c1-4-12-26-18-11-6-5-9-16(18)13-23-20-14(2)8-7-10-17(20)19(21(23)25)22-15(3)24/h4-11,19H,1,12-13H2,2-3H3,(H,22,24). The van der Waals surface area contributed by atoms with Gasteiger partial charge in [-0.15, -0.1) is 0 Å². The van der Waals surface area contributed by atoms with Crippen molar-refractivity contribution in [3.05, 3.63) is 71.8 Å². The van der Waals surface area contributed by atoms with Gasteiger partial charge in [-0.05, 0) is 18.6 Å². The smallest absolute Gasteiger partial charge is 0.254 e. The number of ether oxygens (including phenoxy) is 1. The van der Waals surface area contributed by atoms with E-state index in [1.807, 2.05) is 49.4 Å². The Bertz CT molecular complexity index is 860. The third kappa shape index (κ3) is 3.33. The van der Waals surface area contributed by atoms with Crippen molar-refractivity contribution in [1.29, 1.82) is 0 Å². The van der Waals surface area contributed by atoms with Crippen LogP contribution >= 0.6 is 0 Å². The second-order valence-corrected chi connectivity index (χ2v) is 6.28. The maximum atomic E-state index is 13.0. The number of rotatable bonds is 6. The molecule has 0 bridgehead atoms. The number of aryl methyl sites for hydroxylation is 1. The third-order valence-electron chi connectivity index (χ3n) is 4.37. The third-order valence-corrected chi connectivity index (χ3v) is 4.37. The highest BCUT2D eigenvalue weighted by atomic mass is 16.5. The van der Waals surface area contributed by atoms with Gasteiger partial charge in [0.05, 0.1) is 12.2 Å². The number of carbonyl (C=O) groups is 2. The fourth-order valence-electron chi connectivity index (χ4n) is 3.28. The number of anilines is 1. The first kappa shape index (κ1) is 17.7. The molecule has 0 saturated carbocycles. The zero-order valence-electron chi connectivity index (χ0n) is 15.0. The molecule has 3 rings (SSSR count). The number of carbonyl (C=O) groups excluding carboxylic acids is 2. The van der Waals surface area contributed by atoms with Crippen molar-refractivity contribution in [2.75, 3.05) is 11.5 Å². The molecule has 1 N–H and O–H groups in total. The minimum absolute atomic E-state index is 0.136. The van der Waals surface area contributed by atoms with Crippen LogP contribution in [-0.2, 0) is 16.1 Å². The van der Waals surface area contributed by atoms with Gasteiger partial charge in [-0.3, -0.25) is 9.59 Å². The molecule has 5 heteroatoms. The minimum Gasteiger partial charge on any atom is -0.489 e. The zero-order valence-corrected chi connectivity index (χ0v) is 15.0. The number of hydrogen-bond donors (Lipinski definition) is 1. The summed E-state index contributed by atoms with van der Waals surface area (Å²) in [7, 11) is 0. The number of para-hydroxylation sites is 2. The number of benzene rings is 2. The molecule has 0 aromatic heterocycles. The normalized spacial score (nSPS) is 15.5. The van der Waals surface area contributed by atoms with Gasteiger partial charge in [0.25, 0.3) is 5.91 Å². The van der Waals surface area contributed by atoms with Crippen molar-refractivity contribution in [2.45, 2.75) is 26.4 Å². The average Bonchev–Trinajstić information content (AvgIpc) is 2.87. The topological polar surface area (TPSA) is 58.6 Å². The molecule has 1 atom stereocenters. The molecule has 5 nitrogen and oxygen atoms in total. The van der Waals surface area contributed by atoms with E-state index in [9.17, 15) is 9.59 Å². The van der Waals surface area contributed by atoms with Crippen molar-refractivity contribution in [2.24, 2.45) is 0 Å². The molecule has 0 spiro atoms. The molecule has 0 radical (unpaired) electrons. The van der Waals surface area contributed by atoms with Gasteiger partial charge in [0.1, 0.15) is 18.4 Å².